The number of hydrogen-bond donors (Lipinski definition) is 2. The van der Waals surface area contributed by atoms with Gasteiger partial charge in [0, 0.05) is 6.04 Å². The molecule has 1 aliphatic rings. The first kappa shape index (κ1) is 8.53. The molecule has 0 aromatic rings. The number of amides is 1. The highest BCUT2D eigenvalue weighted by Gasteiger charge is 2.36. The molecule has 3 nitrogen and oxygen atoms in total. The molecule has 1 rings (SSSR count). The first-order valence-corrected chi connectivity index (χ1v) is 4.08. The molecule has 1 amide bonds. The van der Waals surface area contributed by atoms with Gasteiger partial charge < -0.3 is 11.1 Å². The summed E-state index contributed by atoms with van der Waals surface area (Å²) in [6.07, 6.45) is 2.22. The van der Waals surface area contributed by atoms with Crippen molar-refractivity contribution < 1.29 is 4.79 Å². The van der Waals surface area contributed by atoms with Crippen LogP contribution in [0.15, 0.2) is 0 Å². The van der Waals surface area contributed by atoms with E-state index in [9.17, 15) is 4.79 Å². The first-order chi connectivity index (χ1) is 5.05. The summed E-state index contributed by atoms with van der Waals surface area (Å²) in [6, 6.07) is 0.278. The molecule has 0 aromatic heterocycles. The molecule has 0 bridgehead atoms. The zero-order valence-electron chi connectivity index (χ0n) is 7.18. The van der Waals surface area contributed by atoms with E-state index < -0.39 is 5.41 Å². The van der Waals surface area contributed by atoms with E-state index in [2.05, 4.69) is 5.32 Å². The molecular weight excluding hydrogens is 140 g/mol. The summed E-state index contributed by atoms with van der Waals surface area (Å²) < 4.78 is 0. The van der Waals surface area contributed by atoms with Crippen molar-refractivity contribution in [3.8, 4) is 0 Å². The molecule has 0 saturated carbocycles. The number of primary amides is 1. The van der Waals surface area contributed by atoms with Crippen LogP contribution < -0.4 is 11.1 Å². The maximum atomic E-state index is 11.0. The lowest BCUT2D eigenvalue weighted by atomic mass is 9.83. The molecule has 1 aliphatic heterocycles. The van der Waals surface area contributed by atoms with Crippen LogP contribution in [0.25, 0.3) is 0 Å². The normalized spacial score (nSPS) is 25.5. The predicted molar refractivity (Wildman–Crippen MR) is 44.0 cm³/mol. The molecule has 1 atom stereocenters. The van der Waals surface area contributed by atoms with Crippen molar-refractivity contribution >= 4 is 5.91 Å². The highest BCUT2D eigenvalue weighted by molar-refractivity contribution is 5.80. The molecule has 1 fully saturated rings. The Bertz CT molecular complexity index is 159. The zero-order valence-corrected chi connectivity index (χ0v) is 7.18. The third-order valence-electron chi connectivity index (χ3n) is 2.57. The van der Waals surface area contributed by atoms with Gasteiger partial charge >= 0.3 is 0 Å². The summed E-state index contributed by atoms with van der Waals surface area (Å²) >= 11 is 0. The Morgan fingerprint density at radius 1 is 1.64 bits per heavy atom. The molecule has 0 radical (unpaired) electrons. The van der Waals surface area contributed by atoms with E-state index in [1.165, 1.54) is 0 Å². The van der Waals surface area contributed by atoms with Crippen LogP contribution in [0, 0.1) is 5.41 Å². The van der Waals surface area contributed by atoms with Crippen LogP contribution >= 0.6 is 0 Å². The third kappa shape index (κ3) is 1.53. The van der Waals surface area contributed by atoms with Crippen molar-refractivity contribution in [2.45, 2.75) is 32.7 Å². The van der Waals surface area contributed by atoms with Gasteiger partial charge in [-0.05, 0) is 33.2 Å². The quantitative estimate of drug-likeness (QED) is 0.602. The Hall–Kier alpha value is -0.570. The Labute approximate surface area is 67.3 Å². The maximum Gasteiger partial charge on any atom is 0.224 e. The second-order valence-electron chi connectivity index (χ2n) is 3.73. The Morgan fingerprint density at radius 3 is 2.64 bits per heavy atom. The molecule has 0 spiro atoms. The van der Waals surface area contributed by atoms with Crippen molar-refractivity contribution in [3.63, 3.8) is 0 Å². The summed E-state index contributed by atoms with van der Waals surface area (Å²) in [5, 5.41) is 3.28. The van der Waals surface area contributed by atoms with E-state index in [4.69, 9.17) is 5.73 Å². The van der Waals surface area contributed by atoms with E-state index in [1.807, 2.05) is 13.8 Å². The van der Waals surface area contributed by atoms with Crippen LogP contribution in [-0.4, -0.2) is 18.5 Å². The van der Waals surface area contributed by atoms with Crippen LogP contribution in [0.3, 0.4) is 0 Å². The molecule has 11 heavy (non-hydrogen) atoms. The van der Waals surface area contributed by atoms with E-state index in [1.54, 1.807) is 0 Å². The third-order valence-corrected chi connectivity index (χ3v) is 2.57. The lowest BCUT2D eigenvalue weighted by Gasteiger charge is -2.27. The van der Waals surface area contributed by atoms with Gasteiger partial charge in [0.25, 0.3) is 0 Å². The second-order valence-corrected chi connectivity index (χ2v) is 3.73. The Morgan fingerprint density at radius 2 is 2.27 bits per heavy atom. The average Bonchev–Trinajstić information content (AvgIpc) is 2.37. The van der Waals surface area contributed by atoms with E-state index in [-0.39, 0.29) is 11.9 Å². The number of nitrogens with one attached hydrogen (secondary N) is 1. The molecule has 3 heteroatoms. The number of carbonyl (C=O) groups is 1. The highest BCUT2D eigenvalue weighted by atomic mass is 16.1. The van der Waals surface area contributed by atoms with Crippen LogP contribution in [0.2, 0.25) is 0 Å². The second kappa shape index (κ2) is 2.81. The van der Waals surface area contributed by atoms with Crippen molar-refractivity contribution in [1.82, 2.24) is 5.32 Å². The summed E-state index contributed by atoms with van der Waals surface area (Å²) in [5.41, 5.74) is 4.88. The standard InChI is InChI=1S/C8H16N2O/c1-8(2,7(9)11)6-4-3-5-10-6/h6,10H,3-5H2,1-2H3,(H2,9,11)/t6-/m1/s1. The van der Waals surface area contributed by atoms with Gasteiger partial charge in [-0.2, -0.15) is 0 Å². The van der Waals surface area contributed by atoms with Gasteiger partial charge in [-0.15, -0.1) is 0 Å². The highest BCUT2D eigenvalue weighted by Crippen LogP contribution is 2.26. The summed E-state index contributed by atoms with van der Waals surface area (Å²) in [4.78, 5) is 11.0. The minimum atomic E-state index is -0.392. The lowest BCUT2D eigenvalue weighted by Crippen LogP contribution is -2.46. The Kier molecular flexibility index (Phi) is 2.18. The van der Waals surface area contributed by atoms with Crippen LogP contribution in [-0.2, 0) is 4.79 Å². The van der Waals surface area contributed by atoms with Gasteiger partial charge in [0.2, 0.25) is 5.91 Å². The van der Waals surface area contributed by atoms with E-state index in [0.29, 0.717) is 0 Å². The number of hydrogen-bond acceptors (Lipinski definition) is 2. The lowest BCUT2D eigenvalue weighted by molar-refractivity contribution is -0.127. The first-order valence-electron chi connectivity index (χ1n) is 4.08. The molecule has 64 valence electrons. The largest absolute Gasteiger partial charge is 0.369 e. The molecular formula is C8H16N2O. The minimum Gasteiger partial charge on any atom is -0.369 e. The fourth-order valence-corrected chi connectivity index (χ4v) is 1.47. The summed E-state index contributed by atoms with van der Waals surface area (Å²) in [7, 11) is 0. The van der Waals surface area contributed by atoms with Gasteiger partial charge in [-0.3, -0.25) is 4.79 Å². The Balaban J connectivity index is 2.62. The number of nitrogens with two attached hydrogens (primary N) is 1. The SMILES string of the molecule is CC(C)(C(N)=O)[C@H]1CCCN1. The molecule has 0 unspecified atom stereocenters. The van der Waals surface area contributed by atoms with Gasteiger partial charge in [-0.1, -0.05) is 0 Å². The van der Waals surface area contributed by atoms with Crippen molar-refractivity contribution in [3.05, 3.63) is 0 Å². The molecule has 1 saturated heterocycles. The van der Waals surface area contributed by atoms with E-state index in [0.717, 1.165) is 19.4 Å². The molecule has 3 N–H and O–H groups in total. The van der Waals surface area contributed by atoms with Crippen molar-refractivity contribution in [2.75, 3.05) is 6.54 Å². The van der Waals surface area contributed by atoms with Gasteiger partial charge in [0.1, 0.15) is 0 Å². The fourth-order valence-electron chi connectivity index (χ4n) is 1.47. The smallest absolute Gasteiger partial charge is 0.224 e. The molecule has 0 aliphatic carbocycles. The van der Waals surface area contributed by atoms with Crippen molar-refractivity contribution in [1.29, 1.82) is 0 Å². The van der Waals surface area contributed by atoms with Crippen LogP contribution in [0.5, 0.6) is 0 Å². The molecule has 0 aromatic carbocycles. The number of carbonyl (C=O) groups excluding carboxylic acids is 1. The van der Waals surface area contributed by atoms with Crippen LogP contribution in [0.1, 0.15) is 26.7 Å². The maximum absolute atomic E-state index is 11.0. The monoisotopic (exact) mass is 156 g/mol. The zero-order chi connectivity index (χ0) is 8.48. The topological polar surface area (TPSA) is 55.1 Å². The average molecular weight is 156 g/mol. The summed E-state index contributed by atoms with van der Waals surface area (Å²) in [6.45, 7) is 4.82. The van der Waals surface area contributed by atoms with E-state index >= 15 is 0 Å². The van der Waals surface area contributed by atoms with Gasteiger partial charge in [0.05, 0.1) is 5.41 Å². The molecule has 1 heterocycles. The minimum absolute atomic E-state index is 0.211. The van der Waals surface area contributed by atoms with Crippen molar-refractivity contribution in [2.24, 2.45) is 11.1 Å². The summed E-state index contributed by atoms with van der Waals surface area (Å²) in [5.74, 6) is -0.211. The van der Waals surface area contributed by atoms with Gasteiger partial charge in [0.15, 0.2) is 0 Å². The number of rotatable bonds is 2. The fraction of sp³-hybridized carbons (Fsp3) is 0.875. The van der Waals surface area contributed by atoms with Crippen LogP contribution in [0.4, 0.5) is 0 Å². The van der Waals surface area contributed by atoms with Gasteiger partial charge in [-0.25, -0.2) is 0 Å². The predicted octanol–water partition coefficient (Wildman–Crippen LogP) is 0.250.